The number of ether oxygens (including phenoxy) is 1. The minimum atomic E-state index is -0.785. The maximum atomic E-state index is 13.5. The molecule has 1 heterocycles. The van der Waals surface area contributed by atoms with E-state index in [0.717, 1.165) is 23.2 Å². The highest BCUT2D eigenvalue weighted by Crippen LogP contribution is 2.43. The molecule has 6 nitrogen and oxygen atoms in total. The minimum absolute atomic E-state index is 0.0557. The maximum absolute atomic E-state index is 13.5. The fourth-order valence-corrected chi connectivity index (χ4v) is 4.60. The Morgan fingerprint density at radius 1 is 0.974 bits per heavy atom. The lowest BCUT2D eigenvalue weighted by molar-refractivity contribution is -0.132. The number of aliphatic hydroxyl groups excluding tert-OH is 1. The molecule has 4 rings (SSSR count). The van der Waals surface area contributed by atoms with E-state index in [-0.39, 0.29) is 16.7 Å². The molecule has 1 fully saturated rings. The van der Waals surface area contributed by atoms with Crippen LogP contribution in [0, 0.1) is 0 Å². The second-order valence-electron chi connectivity index (χ2n) is 10.8. The smallest absolute Gasteiger partial charge is 0.300 e. The number of carbonyl (C=O) groups excluding carboxylic acids is 2. The van der Waals surface area contributed by atoms with E-state index >= 15 is 0 Å². The summed E-state index contributed by atoms with van der Waals surface area (Å²) in [6, 6.07) is 21.6. The predicted molar refractivity (Wildman–Crippen MR) is 153 cm³/mol. The number of hydrogen-bond donors (Lipinski definition) is 1. The van der Waals surface area contributed by atoms with Crippen LogP contribution >= 0.6 is 0 Å². The number of benzene rings is 3. The molecular formula is C32H36N2O4. The molecule has 0 aromatic heterocycles. The van der Waals surface area contributed by atoms with Gasteiger partial charge in [0, 0.05) is 31.0 Å². The topological polar surface area (TPSA) is 70.1 Å². The first-order valence-electron chi connectivity index (χ1n) is 12.9. The molecule has 1 aliphatic heterocycles. The summed E-state index contributed by atoms with van der Waals surface area (Å²) < 4.78 is 5.73. The van der Waals surface area contributed by atoms with Crippen molar-refractivity contribution in [2.45, 2.75) is 45.6 Å². The fraction of sp³-hybridized carbons (Fsp3) is 0.312. The Bertz CT molecular complexity index is 1350. The zero-order valence-electron chi connectivity index (χ0n) is 23.0. The number of amides is 1. The first-order valence-corrected chi connectivity index (χ1v) is 12.9. The molecule has 198 valence electrons. The molecule has 0 spiro atoms. The fourth-order valence-electron chi connectivity index (χ4n) is 4.60. The minimum Gasteiger partial charge on any atom is -0.507 e. The van der Waals surface area contributed by atoms with Crippen LogP contribution in [-0.4, -0.2) is 37.5 Å². The molecule has 1 amide bonds. The van der Waals surface area contributed by atoms with E-state index < -0.39 is 17.7 Å². The average Bonchev–Trinajstić information content (AvgIpc) is 3.17. The van der Waals surface area contributed by atoms with Crippen molar-refractivity contribution >= 4 is 28.8 Å². The Labute approximate surface area is 225 Å². The van der Waals surface area contributed by atoms with Gasteiger partial charge in [-0.25, -0.2) is 0 Å². The number of rotatable bonds is 7. The van der Waals surface area contributed by atoms with Crippen molar-refractivity contribution in [2.75, 3.05) is 30.5 Å². The van der Waals surface area contributed by atoms with Gasteiger partial charge in [0.1, 0.15) is 11.5 Å². The molecular weight excluding hydrogens is 476 g/mol. The zero-order chi connectivity index (χ0) is 27.6. The lowest BCUT2D eigenvalue weighted by atomic mass is 9.87. The number of Topliss-reactive ketones (excluding diaryl/α,β-unsaturated/α-hetero) is 1. The molecule has 1 N–H and O–H groups in total. The molecule has 0 aliphatic carbocycles. The van der Waals surface area contributed by atoms with Gasteiger partial charge in [-0.3, -0.25) is 14.5 Å². The van der Waals surface area contributed by atoms with Crippen molar-refractivity contribution in [3.05, 3.63) is 95.1 Å². The Balaban J connectivity index is 1.87. The Kier molecular flexibility index (Phi) is 7.63. The third-order valence-corrected chi connectivity index (χ3v) is 6.76. The monoisotopic (exact) mass is 512 g/mol. The van der Waals surface area contributed by atoms with Crippen molar-refractivity contribution in [1.82, 2.24) is 0 Å². The van der Waals surface area contributed by atoms with Crippen LogP contribution in [0.25, 0.3) is 5.76 Å². The summed E-state index contributed by atoms with van der Waals surface area (Å²) >= 11 is 0. The van der Waals surface area contributed by atoms with Gasteiger partial charge in [0.15, 0.2) is 0 Å². The van der Waals surface area contributed by atoms with Gasteiger partial charge in [-0.05, 0) is 59.4 Å². The van der Waals surface area contributed by atoms with E-state index in [9.17, 15) is 14.7 Å². The van der Waals surface area contributed by atoms with E-state index in [1.165, 1.54) is 4.90 Å². The van der Waals surface area contributed by atoms with E-state index in [2.05, 4.69) is 20.8 Å². The molecule has 1 atom stereocenters. The van der Waals surface area contributed by atoms with Gasteiger partial charge in [0.05, 0.1) is 18.2 Å². The van der Waals surface area contributed by atoms with Gasteiger partial charge in [0.2, 0.25) is 0 Å². The molecule has 0 radical (unpaired) electrons. The first kappa shape index (κ1) is 27.0. The van der Waals surface area contributed by atoms with Crippen LogP contribution in [0.3, 0.4) is 0 Å². The van der Waals surface area contributed by atoms with E-state index in [1.807, 2.05) is 74.4 Å². The number of aliphatic hydroxyl groups is 1. The summed E-state index contributed by atoms with van der Waals surface area (Å²) in [7, 11) is 3.90. The van der Waals surface area contributed by atoms with Crippen LogP contribution in [0.15, 0.2) is 78.4 Å². The predicted octanol–water partition coefficient (Wildman–Crippen LogP) is 6.47. The number of anilines is 2. The van der Waals surface area contributed by atoms with Crippen LogP contribution in [0.1, 0.15) is 56.8 Å². The highest BCUT2D eigenvalue weighted by atomic mass is 16.5. The van der Waals surface area contributed by atoms with Crippen LogP contribution in [0.4, 0.5) is 11.4 Å². The zero-order valence-corrected chi connectivity index (χ0v) is 23.0. The van der Waals surface area contributed by atoms with Crippen LogP contribution in [0.5, 0.6) is 5.75 Å². The number of carbonyl (C=O) groups is 2. The van der Waals surface area contributed by atoms with Crippen molar-refractivity contribution in [1.29, 1.82) is 0 Å². The van der Waals surface area contributed by atoms with Gasteiger partial charge in [-0.2, -0.15) is 0 Å². The Morgan fingerprint density at radius 3 is 2.21 bits per heavy atom. The highest BCUT2D eigenvalue weighted by molar-refractivity contribution is 6.51. The second-order valence-corrected chi connectivity index (χ2v) is 10.8. The summed E-state index contributed by atoms with van der Waals surface area (Å²) in [5.74, 6) is -1.02. The molecule has 1 unspecified atom stereocenters. The first-order chi connectivity index (χ1) is 18.0. The van der Waals surface area contributed by atoms with E-state index in [1.54, 1.807) is 24.3 Å². The number of hydrogen-bond acceptors (Lipinski definition) is 5. The van der Waals surface area contributed by atoms with Gasteiger partial charge >= 0.3 is 0 Å². The standard InChI is InChI=1S/C32H36N2O4/c1-7-19-38-26-10-8-9-22(20-26)29(35)27-28(21-11-15-24(16-12-21)33(5)6)34(31(37)30(27)36)25-17-13-23(14-18-25)32(2,3)4/h8-18,20,28,35H,7,19H2,1-6H3/b29-27+. The van der Waals surface area contributed by atoms with Gasteiger partial charge in [-0.1, -0.05) is 64.1 Å². The van der Waals surface area contributed by atoms with E-state index in [4.69, 9.17) is 4.74 Å². The SMILES string of the molecule is CCCOc1cccc(/C(O)=C2\C(=O)C(=O)N(c3ccc(C(C)(C)C)cc3)C2c2ccc(N(C)C)cc2)c1. The summed E-state index contributed by atoms with van der Waals surface area (Å²) in [5, 5.41) is 11.5. The highest BCUT2D eigenvalue weighted by Gasteiger charge is 2.47. The molecule has 0 bridgehead atoms. The maximum Gasteiger partial charge on any atom is 0.300 e. The molecule has 3 aromatic rings. The molecule has 1 saturated heterocycles. The van der Waals surface area contributed by atoms with Crippen LogP contribution < -0.4 is 14.5 Å². The molecule has 38 heavy (non-hydrogen) atoms. The lowest BCUT2D eigenvalue weighted by Crippen LogP contribution is -2.29. The largest absolute Gasteiger partial charge is 0.507 e. The second kappa shape index (κ2) is 10.7. The van der Waals surface area contributed by atoms with Gasteiger partial charge in [-0.15, -0.1) is 0 Å². The normalized spacial score (nSPS) is 17.1. The molecule has 3 aromatic carbocycles. The van der Waals surface area contributed by atoms with Crippen molar-refractivity contribution < 1.29 is 19.4 Å². The Hall–Kier alpha value is -4.06. The summed E-state index contributed by atoms with van der Waals surface area (Å²) in [4.78, 5) is 30.5. The summed E-state index contributed by atoms with van der Waals surface area (Å²) in [6.45, 7) is 8.93. The van der Waals surface area contributed by atoms with Gasteiger partial charge in [0.25, 0.3) is 11.7 Å². The Morgan fingerprint density at radius 2 is 1.63 bits per heavy atom. The molecule has 6 heteroatoms. The quantitative estimate of drug-likeness (QED) is 0.223. The van der Waals surface area contributed by atoms with Crippen molar-refractivity contribution in [3.63, 3.8) is 0 Å². The third-order valence-electron chi connectivity index (χ3n) is 6.76. The lowest BCUT2D eigenvalue weighted by Gasteiger charge is -2.27. The van der Waals surface area contributed by atoms with Crippen molar-refractivity contribution in [2.24, 2.45) is 0 Å². The third kappa shape index (κ3) is 5.30. The van der Waals surface area contributed by atoms with Crippen LogP contribution in [-0.2, 0) is 15.0 Å². The van der Waals surface area contributed by atoms with Crippen molar-refractivity contribution in [3.8, 4) is 5.75 Å². The average molecular weight is 513 g/mol. The van der Waals surface area contributed by atoms with Crippen LogP contribution in [0.2, 0.25) is 0 Å². The number of nitrogens with zero attached hydrogens (tertiary/aromatic N) is 2. The molecule has 0 saturated carbocycles. The van der Waals surface area contributed by atoms with Gasteiger partial charge < -0.3 is 14.7 Å². The summed E-state index contributed by atoms with van der Waals surface area (Å²) in [6.07, 6.45) is 0.846. The number of ketones is 1. The summed E-state index contributed by atoms with van der Waals surface area (Å²) in [5.41, 5.74) is 3.86. The molecule has 1 aliphatic rings. The van der Waals surface area contributed by atoms with E-state index in [0.29, 0.717) is 23.6 Å².